The maximum atomic E-state index is 12.3. The molecule has 8 heteroatoms. The Bertz CT molecular complexity index is 1070. The van der Waals surface area contributed by atoms with Crippen LogP contribution in [0.5, 0.6) is 5.88 Å². The Labute approximate surface area is 213 Å². The van der Waals surface area contributed by atoms with Gasteiger partial charge in [0.25, 0.3) is 0 Å². The number of amides is 1. The summed E-state index contributed by atoms with van der Waals surface area (Å²) in [5.41, 5.74) is 8.89. The van der Waals surface area contributed by atoms with E-state index in [0.717, 1.165) is 29.9 Å². The van der Waals surface area contributed by atoms with Gasteiger partial charge in [0.2, 0.25) is 17.7 Å². The minimum atomic E-state index is 0.126. The minimum Gasteiger partial charge on any atom is -0.471 e. The molecule has 2 aromatic heterocycles. The number of anilines is 1. The topological polar surface area (TPSA) is 119 Å². The highest BCUT2D eigenvalue weighted by atomic mass is 16.5. The van der Waals surface area contributed by atoms with Crippen molar-refractivity contribution in [3.63, 3.8) is 0 Å². The van der Waals surface area contributed by atoms with Crippen molar-refractivity contribution in [1.29, 1.82) is 0 Å². The molecule has 8 nitrogen and oxygen atoms in total. The average Bonchev–Trinajstić information content (AvgIpc) is 3.40. The third-order valence-corrected chi connectivity index (χ3v) is 7.15. The fraction of sp³-hybridized carbons (Fsp3) is 0.571. The number of unbranched alkanes of at least 4 members (excludes halogenated alkanes) is 2. The molecule has 4 N–H and O–H groups in total. The number of H-pyrrole nitrogens is 1. The van der Waals surface area contributed by atoms with Crippen LogP contribution >= 0.6 is 0 Å². The molecule has 0 spiro atoms. The molecule has 36 heavy (non-hydrogen) atoms. The Morgan fingerprint density at radius 3 is 2.47 bits per heavy atom. The number of ether oxygens (including phenoxy) is 1. The number of imidazole rings is 1. The van der Waals surface area contributed by atoms with Crippen molar-refractivity contribution in [1.82, 2.24) is 25.3 Å². The van der Waals surface area contributed by atoms with Crippen molar-refractivity contribution in [2.45, 2.75) is 96.6 Å². The van der Waals surface area contributed by atoms with E-state index in [2.05, 4.69) is 25.3 Å². The molecule has 0 atom stereocenters. The van der Waals surface area contributed by atoms with Crippen molar-refractivity contribution in [2.24, 2.45) is 5.92 Å². The smallest absolute Gasteiger partial charge is 0.245 e. The van der Waals surface area contributed by atoms with Gasteiger partial charge in [-0.2, -0.15) is 9.97 Å². The minimum absolute atomic E-state index is 0.126. The van der Waals surface area contributed by atoms with Gasteiger partial charge in [-0.25, -0.2) is 4.98 Å². The van der Waals surface area contributed by atoms with E-state index in [1.165, 1.54) is 70.5 Å². The van der Waals surface area contributed by atoms with Gasteiger partial charge in [0.05, 0.1) is 6.33 Å². The molecule has 0 aliphatic heterocycles. The van der Waals surface area contributed by atoms with Crippen molar-refractivity contribution in [2.75, 3.05) is 5.73 Å². The molecular weight excluding hydrogens is 452 g/mol. The van der Waals surface area contributed by atoms with E-state index in [9.17, 15) is 4.79 Å². The van der Waals surface area contributed by atoms with E-state index < -0.39 is 0 Å². The lowest BCUT2D eigenvalue weighted by molar-refractivity contribution is -0.121. The second-order valence-electron chi connectivity index (χ2n) is 10.0. The lowest BCUT2D eigenvalue weighted by Gasteiger charge is -2.15. The Morgan fingerprint density at radius 1 is 0.972 bits per heavy atom. The Hall–Kier alpha value is -3.16. The zero-order valence-corrected chi connectivity index (χ0v) is 21.3. The average molecular weight is 493 g/mol. The largest absolute Gasteiger partial charge is 0.471 e. The second-order valence-corrected chi connectivity index (χ2v) is 10.0. The number of benzene rings is 1. The Kier molecular flexibility index (Phi) is 9.94. The monoisotopic (exact) mass is 492 g/mol. The van der Waals surface area contributed by atoms with Crippen LogP contribution in [0.1, 0.15) is 94.6 Å². The first kappa shape index (κ1) is 25.9. The number of nitrogen functional groups attached to an aromatic ring is 1. The van der Waals surface area contributed by atoms with Crippen molar-refractivity contribution < 1.29 is 9.53 Å². The first-order valence-electron chi connectivity index (χ1n) is 13.6. The molecule has 1 aliphatic carbocycles. The maximum absolute atomic E-state index is 12.3. The maximum Gasteiger partial charge on any atom is 0.245 e. The molecule has 0 unspecified atom stereocenters. The van der Waals surface area contributed by atoms with Crippen LogP contribution in [0.15, 0.2) is 30.6 Å². The van der Waals surface area contributed by atoms with Crippen molar-refractivity contribution in [3.8, 4) is 5.88 Å². The van der Waals surface area contributed by atoms with E-state index in [0.29, 0.717) is 36.6 Å². The number of aromatic amines is 1. The van der Waals surface area contributed by atoms with Crippen LogP contribution in [-0.4, -0.2) is 25.8 Å². The first-order valence-corrected chi connectivity index (χ1v) is 13.6. The summed E-state index contributed by atoms with van der Waals surface area (Å²) in [5.74, 6) is 1.55. The summed E-state index contributed by atoms with van der Waals surface area (Å²) in [7, 11) is 0. The summed E-state index contributed by atoms with van der Waals surface area (Å²) in [6, 6.07) is 8.01. The molecule has 2 heterocycles. The third kappa shape index (κ3) is 8.21. The van der Waals surface area contributed by atoms with Crippen LogP contribution in [0, 0.1) is 5.92 Å². The van der Waals surface area contributed by atoms with Crippen LogP contribution in [0.2, 0.25) is 0 Å². The van der Waals surface area contributed by atoms with Gasteiger partial charge in [-0.1, -0.05) is 94.9 Å². The fourth-order valence-electron chi connectivity index (χ4n) is 5.02. The highest BCUT2D eigenvalue weighted by molar-refractivity contribution is 5.76. The number of carbonyl (C=O) groups excluding carboxylic acids is 1. The second kappa shape index (κ2) is 13.8. The Balaban J connectivity index is 1.11. The van der Waals surface area contributed by atoms with Crippen LogP contribution in [0.25, 0.3) is 11.2 Å². The van der Waals surface area contributed by atoms with E-state index >= 15 is 0 Å². The lowest BCUT2D eigenvalue weighted by atomic mass is 9.91. The number of hydrogen-bond acceptors (Lipinski definition) is 6. The SMILES string of the molecule is Nc1nc(OCc2ccc(CNC(=O)CCCCCC3CCCCCCCC3)cc2)c2[nH]cnc2n1. The van der Waals surface area contributed by atoms with Crippen LogP contribution < -0.4 is 15.8 Å². The predicted octanol–water partition coefficient (Wildman–Crippen LogP) is 5.83. The normalized spacial score (nSPS) is 15.2. The number of hydrogen-bond donors (Lipinski definition) is 3. The van der Waals surface area contributed by atoms with Gasteiger partial charge in [-0.05, 0) is 23.5 Å². The molecule has 1 aliphatic rings. The van der Waals surface area contributed by atoms with Gasteiger partial charge in [-0.3, -0.25) is 4.79 Å². The molecule has 1 amide bonds. The van der Waals surface area contributed by atoms with Crippen molar-refractivity contribution >= 4 is 23.0 Å². The van der Waals surface area contributed by atoms with E-state index in [1.807, 2.05) is 24.3 Å². The lowest BCUT2D eigenvalue weighted by Crippen LogP contribution is -2.22. The number of nitrogens with two attached hydrogens (primary N) is 1. The molecule has 194 valence electrons. The van der Waals surface area contributed by atoms with Gasteiger partial charge >= 0.3 is 0 Å². The van der Waals surface area contributed by atoms with Crippen LogP contribution in [-0.2, 0) is 17.9 Å². The number of rotatable bonds is 11. The number of carbonyl (C=O) groups is 1. The number of aromatic nitrogens is 4. The summed E-state index contributed by atoms with van der Waals surface area (Å²) in [5, 5.41) is 3.05. The van der Waals surface area contributed by atoms with Gasteiger partial charge < -0.3 is 20.8 Å². The molecule has 0 saturated heterocycles. The molecule has 0 radical (unpaired) electrons. The summed E-state index contributed by atoms with van der Waals surface area (Å²) >= 11 is 0. The van der Waals surface area contributed by atoms with E-state index in [1.54, 1.807) is 0 Å². The fourth-order valence-corrected chi connectivity index (χ4v) is 5.02. The standard InChI is InChI=1S/C28H40N6O2/c29-28-33-26-25(31-20-32-26)27(34-28)36-19-23-16-14-22(15-17-23)18-30-24(35)13-9-5-8-12-21-10-6-3-1-2-4-7-11-21/h14-17,20-21H,1-13,18-19H2,(H,30,35)(H3,29,31,32,33,34). The van der Waals surface area contributed by atoms with Gasteiger partial charge in [0.15, 0.2) is 5.65 Å². The van der Waals surface area contributed by atoms with Crippen LogP contribution in [0.3, 0.4) is 0 Å². The Morgan fingerprint density at radius 2 is 1.69 bits per heavy atom. The van der Waals surface area contributed by atoms with Gasteiger partial charge in [0, 0.05) is 13.0 Å². The molecule has 1 fully saturated rings. The highest BCUT2D eigenvalue weighted by Crippen LogP contribution is 2.26. The summed E-state index contributed by atoms with van der Waals surface area (Å²) in [6.07, 6.45) is 18.2. The quantitative estimate of drug-likeness (QED) is 0.290. The molecule has 3 aromatic rings. The molecule has 0 bridgehead atoms. The highest BCUT2D eigenvalue weighted by Gasteiger charge is 2.12. The zero-order chi connectivity index (χ0) is 25.0. The van der Waals surface area contributed by atoms with Gasteiger partial charge in [-0.15, -0.1) is 0 Å². The molecular formula is C28H40N6O2. The van der Waals surface area contributed by atoms with Crippen molar-refractivity contribution in [3.05, 3.63) is 41.7 Å². The number of fused-ring (bicyclic) bond motifs is 1. The number of nitrogens with zero attached hydrogens (tertiary/aromatic N) is 3. The zero-order valence-electron chi connectivity index (χ0n) is 21.3. The summed E-state index contributed by atoms with van der Waals surface area (Å²) in [6.45, 7) is 0.886. The molecule has 1 saturated carbocycles. The predicted molar refractivity (Wildman–Crippen MR) is 142 cm³/mol. The summed E-state index contributed by atoms with van der Waals surface area (Å²) < 4.78 is 5.83. The van der Waals surface area contributed by atoms with E-state index in [4.69, 9.17) is 10.5 Å². The van der Waals surface area contributed by atoms with E-state index in [-0.39, 0.29) is 11.9 Å². The summed E-state index contributed by atoms with van der Waals surface area (Å²) in [4.78, 5) is 27.6. The molecule has 4 rings (SSSR count). The van der Waals surface area contributed by atoms with Gasteiger partial charge in [0.1, 0.15) is 12.1 Å². The van der Waals surface area contributed by atoms with Crippen LogP contribution in [0.4, 0.5) is 5.95 Å². The third-order valence-electron chi connectivity index (χ3n) is 7.15. The molecule has 1 aromatic carbocycles. The number of nitrogens with one attached hydrogen (secondary N) is 2. The first-order chi connectivity index (χ1) is 17.7.